The first-order valence-corrected chi connectivity index (χ1v) is 6.74. The molecule has 1 aromatic carbocycles. The van der Waals surface area contributed by atoms with Crippen molar-refractivity contribution in [2.45, 2.75) is 13.0 Å². The SMILES string of the molecule is O=C(O)CC1CN(Cc2ccc(-n3cccn3)cc2)C1. The highest BCUT2D eigenvalue weighted by Gasteiger charge is 2.28. The monoisotopic (exact) mass is 271 g/mol. The zero-order chi connectivity index (χ0) is 13.9. The summed E-state index contributed by atoms with van der Waals surface area (Å²) in [6.07, 6.45) is 3.96. The number of carbonyl (C=O) groups is 1. The van der Waals surface area contributed by atoms with Crippen LogP contribution in [0.15, 0.2) is 42.7 Å². The molecule has 104 valence electrons. The summed E-state index contributed by atoms with van der Waals surface area (Å²) in [6.45, 7) is 2.65. The predicted octanol–water partition coefficient (Wildman–Crippen LogP) is 1.78. The van der Waals surface area contributed by atoms with Crippen LogP contribution in [0, 0.1) is 5.92 Å². The highest BCUT2D eigenvalue weighted by Crippen LogP contribution is 2.21. The van der Waals surface area contributed by atoms with E-state index in [0.717, 1.165) is 25.3 Å². The van der Waals surface area contributed by atoms with E-state index in [-0.39, 0.29) is 6.42 Å². The fourth-order valence-electron chi connectivity index (χ4n) is 2.62. The van der Waals surface area contributed by atoms with E-state index in [9.17, 15) is 4.79 Å². The van der Waals surface area contributed by atoms with Crippen molar-refractivity contribution in [1.29, 1.82) is 0 Å². The summed E-state index contributed by atoms with van der Waals surface area (Å²) in [5.41, 5.74) is 2.29. The summed E-state index contributed by atoms with van der Waals surface area (Å²) in [4.78, 5) is 12.9. The fourth-order valence-corrected chi connectivity index (χ4v) is 2.62. The number of hydrogen-bond acceptors (Lipinski definition) is 3. The molecule has 1 aliphatic rings. The van der Waals surface area contributed by atoms with Gasteiger partial charge in [-0.15, -0.1) is 0 Å². The number of carboxylic acids is 1. The predicted molar refractivity (Wildman–Crippen MR) is 74.6 cm³/mol. The van der Waals surface area contributed by atoms with Crippen LogP contribution < -0.4 is 0 Å². The van der Waals surface area contributed by atoms with Crippen molar-refractivity contribution in [2.24, 2.45) is 5.92 Å². The van der Waals surface area contributed by atoms with Gasteiger partial charge in [-0.2, -0.15) is 5.10 Å². The van der Waals surface area contributed by atoms with E-state index < -0.39 is 5.97 Å². The van der Waals surface area contributed by atoms with Gasteiger partial charge in [0.1, 0.15) is 0 Å². The molecule has 20 heavy (non-hydrogen) atoms. The number of benzene rings is 1. The highest BCUT2D eigenvalue weighted by molar-refractivity contribution is 5.67. The molecule has 3 rings (SSSR count). The van der Waals surface area contributed by atoms with Gasteiger partial charge >= 0.3 is 5.97 Å². The maximum Gasteiger partial charge on any atom is 0.303 e. The Labute approximate surface area is 117 Å². The Balaban J connectivity index is 1.54. The van der Waals surface area contributed by atoms with Gasteiger partial charge in [0, 0.05) is 32.0 Å². The van der Waals surface area contributed by atoms with E-state index >= 15 is 0 Å². The summed E-state index contributed by atoms with van der Waals surface area (Å²) < 4.78 is 1.83. The van der Waals surface area contributed by atoms with Crippen LogP contribution in [0.5, 0.6) is 0 Å². The molecule has 5 heteroatoms. The van der Waals surface area contributed by atoms with Crippen molar-refractivity contribution in [1.82, 2.24) is 14.7 Å². The van der Waals surface area contributed by atoms with Crippen LogP contribution in [0.25, 0.3) is 5.69 Å². The Morgan fingerprint density at radius 1 is 1.30 bits per heavy atom. The molecule has 1 N–H and O–H groups in total. The third-order valence-electron chi connectivity index (χ3n) is 3.61. The molecule has 0 amide bonds. The number of likely N-dealkylation sites (tertiary alicyclic amines) is 1. The molecular weight excluding hydrogens is 254 g/mol. The lowest BCUT2D eigenvalue weighted by Crippen LogP contribution is -2.46. The Kier molecular flexibility index (Phi) is 3.52. The average Bonchev–Trinajstić information content (AvgIpc) is 2.90. The van der Waals surface area contributed by atoms with Gasteiger partial charge in [-0.05, 0) is 29.7 Å². The second-order valence-electron chi connectivity index (χ2n) is 5.28. The number of carboxylic acid groups (broad SMARTS) is 1. The number of aliphatic carboxylic acids is 1. The number of nitrogens with zero attached hydrogens (tertiary/aromatic N) is 3. The van der Waals surface area contributed by atoms with Crippen molar-refractivity contribution in [3.8, 4) is 5.69 Å². The van der Waals surface area contributed by atoms with Gasteiger partial charge in [0.15, 0.2) is 0 Å². The Bertz CT molecular complexity index is 572. The first kappa shape index (κ1) is 12.9. The minimum atomic E-state index is -0.696. The van der Waals surface area contributed by atoms with Crippen LogP contribution in [0.4, 0.5) is 0 Å². The zero-order valence-electron chi connectivity index (χ0n) is 11.1. The van der Waals surface area contributed by atoms with E-state index in [0.29, 0.717) is 5.92 Å². The van der Waals surface area contributed by atoms with Crippen LogP contribution in [-0.4, -0.2) is 38.8 Å². The summed E-state index contributed by atoms with van der Waals surface area (Å²) in [6, 6.07) is 10.2. The zero-order valence-corrected chi connectivity index (χ0v) is 11.1. The molecule has 2 aromatic rings. The molecule has 0 saturated carbocycles. The maximum atomic E-state index is 10.6. The highest BCUT2D eigenvalue weighted by atomic mass is 16.4. The van der Waals surface area contributed by atoms with Crippen molar-refractivity contribution in [3.05, 3.63) is 48.3 Å². The van der Waals surface area contributed by atoms with Gasteiger partial charge < -0.3 is 5.11 Å². The van der Waals surface area contributed by atoms with Gasteiger partial charge in [-0.3, -0.25) is 9.69 Å². The number of rotatable bonds is 5. The second-order valence-corrected chi connectivity index (χ2v) is 5.28. The third-order valence-corrected chi connectivity index (χ3v) is 3.61. The molecule has 0 atom stereocenters. The summed E-state index contributed by atoms with van der Waals surface area (Å²) in [7, 11) is 0. The van der Waals surface area contributed by atoms with Gasteiger partial charge in [0.05, 0.1) is 12.1 Å². The smallest absolute Gasteiger partial charge is 0.303 e. The van der Waals surface area contributed by atoms with Gasteiger partial charge in [-0.1, -0.05) is 12.1 Å². The van der Waals surface area contributed by atoms with Crippen LogP contribution in [0.2, 0.25) is 0 Å². The van der Waals surface area contributed by atoms with Gasteiger partial charge in [-0.25, -0.2) is 4.68 Å². The Hall–Kier alpha value is -2.14. The lowest BCUT2D eigenvalue weighted by atomic mass is 9.96. The van der Waals surface area contributed by atoms with Gasteiger partial charge in [0.2, 0.25) is 0 Å². The lowest BCUT2D eigenvalue weighted by Gasteiger charge is -2.38. The first-order chi connectivity index (χ1) is 9.70. The summed E-state index contributed by atoms with van der Waals surface area (Å²) in [5.74, 6) is -0.380. The third kappa shape index (κ3) is 2.88. The van der Waals surface area contributed by atoms with Crippen LogP contribution in [-0.2, 0) is 11.3 Å². The molecule has 0 bridgehead atoms. The van der Waals surface area contributed by atoms with E-state index in [4.69, 9.17) is 5.11 Å². The summed E-state index contributed by atoms with van der Waals surface area (Å²) >= 11 is 0. The van der Waals surface area contributed by atoms with Crippen molar-refractivity contribution in [2.75, 3.05) is 13.1 Å². The Morgan fingerprint density at radius 3 is 2.65 bits per heavy atom. The van der Waals surface area contributed by atoms with E-state index in [1.165, 1.54) is 5.56 Å². The molecule has 0 aliphatic carbocycles. The molecule has 1 fully saturated rings. The molecule has 1 aromatic heterocycles. The lowest BCUT2D eigenvalue weighted by molar-refractivity contribution is -0.139. The second kappa shape index (κ2) is 5.46. The van der Waals surface area contributed by atoms with Crippen molar-refractivity contribution < 1.29 is 9.90 Å². The van der Waals surface area contributed by atoms with Gasteiger partial charge in [0.25, 0.3) is 0 Å². The normalized spacial score (nSPS) is 16.0. The molecule has 0 unspecified atom stereocenters. The molecule has 1 aliphatic heterocycles. The molecule has 0 radical (unpaired) electrons. The number of aromatic nitrogens is 2. The molecule has 2 heterocycles. The van der Waals surface area contributed by atoms with Crippen LogP contribution in [0.3, 0.4) is 0 Å². The minimum absolute atomic E-state index is 0.286. The maximum absolute atomic E-state index is 10.6. The molecule has 5 nitrogen and oxygen atoms in total. The van der Waals surface area contributed by atoms with E-state index in [1.807, 2.05) is 16.9 Å². The minimum Gasteiger partial charge on any atom is -0.481 e. The van der Waals surface area contributed by atoms with Crippen LogP contribution >= 0.6 is 0 Å². The quantitative estimate of drug-likeness (QED) is 0.900. The standard InChI is InChI=1S/C15H17N3O2/c19-15(20)8-13-10-17(11-13)9-12-2-4-14(5-3-12)18-7-1-6-16-18/h1-7,13H,8-11H2,(H,19,20). The fraction of sp³-hybridized carbons (Fsp3) is 0.333. The molecule has 0 spiro atoms. The van der Waals surface area contributed by atoms with E-state index in [2.05, 4.69) is 34.3 Å². The largest absolute Gasteiger partial charge is 0.481 e. The number of hydrogen-bond donors (Lipinski definition) is 1. The van der Waals surface area contributed by atoms with Crippen molar-refractivity contribution >= 4 is 5.97 Å². The summed E-state index contributed by atoms with van der Waals surface area (Å²) in [5, 5.41) is 12.9. The van der Waals surface area contributed by atoms with Crippen molar-refractivity contribution in [3.63, 3.8) is 0 Å². The van der Waals surface area contributed by atoms with E-state index in [1.54, 1.807) is 6.20 Å². The average molecular weight is 271 g/mol. The molecular formula is C15H17N3O2. The molecule has 1 saturated heterocycles. The Morgan fingerprint density at radius 2 is 2.05 bits per heavy atom. The van der Waals surface area contributed by atoms with Crippen LogP contribution in [0.1, 0.15) is 12.0 Å². The first-order valence-electron chi connectivity index (χ1n) is 6.74. The topological polar surface area (TPSA) is 58.4 Å².